The number of rotatable bonds is 2. The van der Waals surface area contributed by atoms with Crippen molar-refractivity contribution in [1.29, 1.82) is 0 Å². The minimum Gasteiger partial charge on any atom is -0.339 e. The van der Waals surface area contributed by atoms with Gasteiger partial charge in [-0.1, -0.05) is 0 Å². The Morgan fingerprint density at radius 1 is 1.16 bits per heavy atom. The van der Waals surface area contributed by atoms with Crippen LogP contribution in [0.5, 0.6) is 0 Å². The largest absolute Gasteiger partial charge is 0.339 e. The molecule has 0 aliphatic rings. The van der Waals surface area contributed by atoms with Crippen LogP contribution in [0, 0.1) is 9.39 Å². The van der Waals surface area contributed by atoms with Crippen LogP contribution in [0.15, 0.2) is 33.9 Å². The third kappa shape index (κ3) is 2.70. The molecule has 1 aromatic carbocycles. The van der Waals surface area contributed by atoms with Crippen molar-refractivity contribution in [2.24, 2.45) is 14.1 Å². The molecule has 1 aromatic heterocycles. The number of hydrogen-bond acceptors (Lipinski definition) is 3. The number of benzene rings is 1. The summed E-state index contributed by atoms with van der Waals surface area (Å²) in [5.74, 6) is -0.201. The summed E-state index contributed by atoms with van der Waals surface area (Å²) < 4.78 is 16.7. The van der Waals surface area contributed by atoms with Gasteiger partial charge in [-0.15, -0.1) is 0 Å². The van der Waals surface area contributed by atoms with E-state index in [1.54, 1.807) is 12.1 Å². The molecule has 2 aromatic rings. The molecule has 0 spiro atoms. The molecule has 19 heavy (non-hydrogen) atoms. The highest BCUT2D eigenvalue weighted by Gasteiger charge is 2.08. The number of anilines is 2. The van der Waals surface area contributed by atoms with Crippen molar-refractivity contribution in [3.8, 4) is 0 Å². The van der Waals surface area contributed by atoms with Gasteiger partial charge in [-0.2, -0.15) is 0 Å². The second kappa shape index (κ2) is 5.16. The van der Waals surface area contributed by atoms with E-state index in [1.165, 1.54) is 30.8 Å². The molecule has 0 radical (unpaired) electrons. The summed E-state index contributed by atoms with van der Waals surface area (Å²) >= 11 is 2.00. The van der Waals surface area contributed by atoms with Crippen LogP contribution in [0.4, 0.5) is 15.9 Å². The SMILES string of the molecule is Cn1c(Nc2ccc(I)cc2F)cc(=O)n(C)c1=O. The highest BCUT2D eigenvalue weighted by molar-refractivity contribution is 14.1. The summed E-state index contributed by atoms with van der Waals surface area (Å²) in [6, 6.07) is 5.89. The first-order valence-corrected chi connectivity index (χ1v) is 6.47. The Morgan fingerprint density at radius 3 is 2.47 bits per heavy atom. The minimum atomic E-state index is -0.471. The number of hydrogen-bond donors (Lipinski definition) is 1. The average Bonchev–Trinajstić information content (AvgIpc) is 2.36. The lowest BCUT2D eigenvalue weighted by Gasteiger charge is -2.12. The van der Waals surface area contributed by atoms with Gasteiger partial charge < -0.3 is 5.32 Å². The molecule has 0 fully saturated rings. The molecule has 1 N–H and O–H groups in total. The van der Waals surface area contributed by atoms with Crippen LogP contribution in [0.25, 0.3) is 0 Å². The summed E-state index contributed by atoms with van der Waals surface area (Å²) in [6.07, 6.45) is 0. The predicted octanol–water partition coefficient (Wildman–Crippen LogP) is 1.57. The fraction of sp³-hybridized carbons (Fsp3) is 0.167. The van der Waals surface area contributed by atoms with E-state index in [4.69, 9.17) is 0 Å². The Labute approximate surface area is 121 Å². The maximum Gasteiger partial charge on any atom is 0.332 e. The molecule has 0 saturated carbocycles. The Morgan fingerprint density at radius 2 is 1.84 bits per heavy atom. The van der Waals surface area contributed by atoms with E-state index in [-0.39, 0.29) is 11.5 Å². The van der Waals surface area contributed by atoms with Crippen molar-refractivity contribution in [2.75, 3.05) is 5.32 Å². The fourth-order valence-corrected chi connectivity index (χ4v) is 2.03. The van der Waals surface area contributed by atoms with Crippen molar-refractivity contribution in [1.82, 2.24) is 9.13 Å². The Balaban J connectivity index is 2.50. The van der Waals surface area contributed by atoms with E-state index in [2.05, 4.69) is 5.32 Å². The molecular weight excluding hydrogens is 364 g/mol. The van der Waals surface area contributed by atoms with Crippen LogP contribution in [0.1, 0.15) is 0 Å². The van der Waals surface area contributed by atoms with Crippen molar-refractivity contribution < 1.29 is 4.39 Å². The number of nitrogens with one attached hydrogen (secondary N) is 1. The van der Waals surface area contributed by atoms with E-state index in [0.717, 1.165) is 8.14 Å². The van der Waals surface area contributed by atoms with Gasteiger partial charge in [-0.05, 0) is 40.8 Å². The normalized spacial score (nSPS) is 10.5. The zero-order chi connectivity index (χ0) is 14.2. The zero-order valence-corrected chi connectivity index (χ0v) is 12.4. The summed E-state index contributed by atoms with van der Waals surface area (Å²) in [7, 11) is 2.90. The highest BCUT2D eigenvalue weighted by Crippen LogP contribution is 2.20. The van der Waals surface area contributed by atoms with E-state index < -0.39 is 17.1 Å². The van der Waals surface area contributed by atoms with E-state index in [0.29, 0.717) is 0 Å². The predicted molar refractivity (Wildman–Crippen MR) is 79.3 cm³/mol. The minimum absolute atomic E-state index is 0.212. The molecule has 0 aliphatic heterocycles. The van der Waals surface area contributed by atoms with Crippen LogP contribution in [0.2, 0.25) is 0 Å². The Bertz CT molecular complexity index is 752. The summed E-state index contributed by atoms with van der Waals surface area (Å²) in [5.41, 5.74) is -0.707. The number of halogens is 2. The molecule has 7 heteroatoms. The maximum atomic E-state index is 13.7. The molecule has 0 aliphatic carbocycles. The van der Waals surface area contributed by atoms with Crippen molar-refractivity contribution in [2.45, 2.75) is 0 Å². The van der Waals surface area contributed by atoms with E-state index in [9.17, 15) is 14.0 Å². The standard InChI is InChI=1S/C12H11FIN3O2/c1-16-10(6-11(18)17(2)12(16)19)15-9-4-3-7(14)5-8(9)13/h3-6,15H,1-2H3. The van der Waals surface area contributed by atoms with Gasteiger partial charge in [0.05, 0.1) is 5.69 Å². The second-order valence-corrected chi connectivity index (χ2v) is 5.26. The van der Waals surface area contributed by atoms with Gasteiger partial charge in [0.15, 0.2) is 0 Å². The van der Waals surface area contributed by atoms with Gasteiger partial charge >= 0.3 is 5.69 Å². The molecule has 0 unspecified atom stereocenters. The fourth-order valence-electron chi connectivity index (χ4n) is 1.58. The smallest absolute Gasteiger partial charge is 0.332 e. The number of aromatic nitrogens is 2. The van der Waals surface area contributed by atoms with Gasteiger partial charge in [0.25, 0.3) is 5.56 Å². The molecule has 0 amide bonds. The Hall–Kier alpha value is -1.64. The highest BCUT2D eigenvalue weighted by atomic mass is 127. The van der Waals surface area contributed by atoms with Gasteiger partial charge in [-0.3, -0.25) is 13.9 Å². The van der Waals surface area contributed by atoms with Crippen LogP contribution < -0.4 is 16.6 Å². The summed E-state index contributed by atoms with van der Waals surface area (Å²) in [5, 5.41) is 2.75. The zero-order valence-electron chi connectivity index (χ0n) is 10.3. The molecule has 100 valence electrons. The van der Waals surface area contributed by atoms with Gasteiger partial charge in [0.2, 0.25) is 0 Å². The molecule has 1 heterocycles. The molecule has 0 saturated heterocycles. The first kappa shape index (κ1) is 13.8. The molecule has 0 atom stereocenters. The third-order valence-electron chi connectivity index (χ3n) is 2.72. The average molecular weight is 375 g/mol. The van der Waals surface area contributed by atoms with Crippen molar-refractivity contribution >= 4 is 34.1 Å². The lowest BCUT2D eigenvalue weighted by molar-refractivity contribution is 0.629. The molecule has 2 rings (SSSR count). The van der Waals surface area contributed by atoms with E-state index in [1.807, 2.05) is 22.6 Å². The number of nitrogens with zero attached hydrogens (tertiary/aromatic N) is 2. The first-order chi connectivity index (χ1) is 8.90. The third-order valence-corrected chi connectivity index (χ3v) is 3.39. The van der Waals surface area contributed by atoms with Crippen LogP contribution in [-0.2, 0) is 14.1 Å². The van der Waals surface area contributed by atoms with Crippen LogP contribution >= 0.6 is 22.6 Å². The lowest BCUT2D eigenvalue weighted by atomic mass is 10.3. The van der Waals surface area contributed by atoms with Crippen molar-refractivity contribution in [3.63, 3.8) is 0 Å². The van der Waals surface area contributed by atoms with E-state index >= 15 is 0 Å². The maximum absolute atomic E-state index is 13.7. The monoisotopic (exact) mass is 375 g/mol. The first-order valence-electron chi connectivity index (χ1n) is 5.39. The lowest BCUT2D eigenvalue weighted by Crippen LogP contribution is -2.37. The van der Waals surface area contributed by atoms with Gasteiger partial charge in [0.1, 0.15) is 11.6 Å². The molecule has 5 nitrogen and oxygen atoms in total. The summed E-state index contributed by atoms with van der Waals surface area (Å²) in [4.78, 5) is 23.3. The quantitative estimate of drug-likeness (QED) is 0.811. The topological polar surface area (TPSA) is 56.0 Å². The molecule has 0 bridgehead atoms. The summed E-state index contributed by atoms with van der Waals surface area (Å²) in [6.45, 7) is 0. The second-order valence-electron chi connectivity index (χ2n) is 4.02. The van der Waals surface area contributed by atoms with Crippen molar-refractivity contribution in [3.05, 3.63) is 54.5 Å². The molecular formula is C12H11FIN3O2. The van der Waals surface area contributed by atoms with Crippen LogP contribution in [0.3, 0.4) is 0 Å². The van der Waals surface area contributed by atoms with Crippen LogP contribution in [-0.4, -0.2) is 9.13 Å². The van der Waals surface area contributed by atoms with Gasteiger partial charge in [-0.25, -0.2) is 9.18 Å². The Kier molecular flexibility index (Phi) is 3.74. The van der Waals surface area contributed by atoms with Gasteiger partial charge in [0, 0.05) is 23.7 Å².